The van der Waals surface area contributed by atoms with Gasteiger partial charge in [-0.25, -0.2) is 4.98 Å². The first-order valence-corrected chi connectivity index (χ1v) is 8.29. The van der Waals surface area contributed by atoms with Crippen LogP contribution < -0.4 is 5.32 Å². The maximum absolute atomic E-state index is 9.27. The van der Waals surface area contributed by atoms with Crippen molar-refractivity contribution in [2.45, 2.75) is 65.0 Å². The van der Waals surface area contributed by atoms with Crippen molar-refractivity contribution in [3.8, 4) is 0 Å². The molecule has 3 nitrogen and oxygen atoms in total. The second-order valence-corrected chi connectivity index (χ2v) is 6.93. The van der Waals surface area contributed by atoms with Gasteiger partial charge in [-0.05, 0) is 39.0 Å². The number of thiazole rings is 1. The molecule has 2 rings (SSSR count). The minimum atomic E-state index is 0.287. The summed E-state index contributed by atoms with van der Waals surface area (Å²) >= 11 is 1.78. The van der Waals surface area contributed by atoms with Gasteiger partial charge < -0.3 is 10.4 Å². The third-order valence-electron chi connectivity index (χ3n) is 4.18. The second kappa shape index (κ2) is 7.36. The summed E-state index contributed by atoms with van der Waals surface area (Å²) in [5, 5.41) is 14.1. The third kappa shape index (κ3) is 4.26. The zero-order valence-electron chi connectivity index (χ0n) is 12.1. The Morgan fingerprint density at radius 3 is 2.63 bits per heavy atom. The summed E-state index contributed by atoms with van der Waals surface area (Å²) in [5.41, 5.74) is 1.15. The summed E-state index contributed by atoms with van der Waals surface area (Å²) in [7, 11) is 0. The van der Waals surface area contributed by atoms with Crippen LogP contribution >= 0.6 is 11.3 Å². The minimum absolute atomic E-state index is 0.287. The number of hydrogen-bond acceptors (Lipinski definition) is 4. The molecular weight excluding hydrogens is 256 g/mol. The summed E-state index contributed by atoms with van der Waals surface area (Å²) in [6, 6.07) is 0.465. The van der Waals surface area contributed by atoms with E-state index in [1.54, 1.807) is 11.3 Å². The van der Waals surface area contributed by atoms with Crippen LogP contribution in [0.5, 0.6) is 0 Å². The Hall–Kier alpha value is -0.450. The molecular formula is C15H26N2OS. The van der Waals surface area contributed by atoms with Crippen molar-refractivity contribution in [1.29, 1.82) is 0 Å². The largest absolute Gasteiger partial charge is 0.396 e. The van der Waals surface area contributed by atoms with Crippen LogP contribution in [0.2, 0.25) is 0 Å². The molecule has 1 heterocycles. The SMILES string of the molecule is Cc1nc(C)c(CNC(CCO)C2CCCCC2)s1. The van der Waals surface area contributed by atoms with Crippen molar-refractivity contribution in [2.24, 2.45) is 5.92 Å². The summed E-state index contributed by atoms with van der Waals surface area (Å²) < 4.78 is 0. The summed E-state index contributed by atoms with van der Waals surface area (Å²) in [6.07, 6.45) is 7.60. The first-order valence-electron chi connectivity index (χ1n) is 7.48. The predicted molar refractivity (Wildman–Crippen MR) is 80.5 cm³/mol. The van der Waals surface area contributed by atoms with E-state index in [2.05, 4.69) is 24.1 Å². The van der Waals surface area contributed by atoms with Crippen LogP contribution in [-0.4, -0.2) is 22.7 Å². The molecule has 0 radical (unpaired) electrons. The molecule has 1 saturated carbocycles. The molecule has 1 atom stereocenters. The van der Waals surface area contributed by atoms with Gasteiger partial charge in [-0.15, -0.1) is 11.3 Å². The van der Waals surface area contributed by atoms with Crippen LogP contribution in [0.25, 0.3) is 0 Å². The number of nitrogens with one attached hydrogen (secondary N) is 1. The third-order valence-corrected chi connectivity index (χ3v) is 5.26. The van der Waals surface area contributed by atoms with Crippen molar-refractivity contribution >= 4 is 11.3 Å². The molecule has 1 aromatic rings. The standard InChI is InChI=1S/C15H26N2OS/c1-11-15(19-12(2)17-11)10-16-14(8-9-18)13-6-4-3-5-7-13/h13-14,16,18H,3-10H2,1-2H3. The van der Waals surface area contributed by atoms with E-state index in [9.17, 15) is 5.11 Å². The number of hydrogen-bond donors (Lipinski definition) is 2. The van der Waals surface area contributed by atoms with Gasteiger partial charge >= 0.3 is 0 Å². The summed E-state index contributed by atoms with van der Waals surface area (Å²) in [4.78, 5) is 5.82. The molecule has 1 fully saturated rings. The van der Waals surface area contributed by atoms with E-state index < -0.39 is 0 Å². The lowest BCUT2D eigenvalue weighted by Crippen LogP contribution is -2.37. The van der Waals surface area contributed by atoms with Crippen LogP contribution in [0, 0.1) is 19.8 Å². The van der Waals surface area contributed by atoms with Gasteiger partial charge in [-0.1, -0.05) is 19.3 Å². The van der Waals surface area contributed by atoms with E-state index >= 15 is 0 Å². The Kier molecular flexibility index (Phi) is 5.79. The van der Waals surface area contributed by atoms with E-state index in [-0.39, 0.29) is 6.61 Å². The lowest BCUT2D eigenvalue weighted by molar-refractivity contribution is 0.206. The van der Waals surface area contributed by atoms with Crippen molar-refractivity contribution in [3.63, 3.8) is 0 Å². The molecule has 2 N–H and O–H groups in total. The van der Waals surface area contributed by atoms with Gasteiger partial charge in [0.05, 0.1) is 10.7 Å². The highest BCUT2D eigenvalue weighted by Gasteiger charge is 2.23. The lowest BCUT2D eigenvalue weighted by atomic mass is 9.83. The Bertz CT molecular complexity index is 385. The number of aliphatic hydroxyl groups is 1. The Labute approximate surface area is 120 Å². The van der Waals surface area contributed by atoms with Crippen LogP contribution in [-0.2, 0) is 6.54 Å². The van der Waals surface area contributed by atoms with Crippen LogP contribution in [0.1, 0.15) is 54.1 Å². The number of aryl methyl sites for hydroxylation is 2. The Balaban J connectivity index is 1.90. The zero-order chi connectivity index (χ0) is 13.7. The van der Waals surface area contributed by atoms with Crippen LogP contribution in [0.4, 0.5) is 0 Å². The molecule has 19 heavy (non-hydrogen) atoms. The molecule has 1 aliphatic rings. The molecule has 0 aromatic carbocycles. The highest BCUT2D eigenvalue weighted by Crippen LogP contribution is 2.28. The number of rotatable bonds is 6. The quantitative estimate of drug-likeness (QED) is 0.842. The number of aromatic nitrogens is 1. The summed E-state index contributed by atoms with van der Waals surface area (Å²) in [6.45, 7) is 5.34. The van der Waals surface area contributed by atoms with Crippen molar-refractivity contribution in [3.05, 3.63) is 15.6 Å². The van der Waals surface area contributed by atoms with Crippen molar-refractivity contribution < 1.29 is 5.11 Å². The molecule has 1 aromatic heterocycles. The van der Waals surface area contributed by atoms with E-state index in [1.165, 1.54) is 37.0 Å². The monoisotopic (exact) mass is 282 g/mol. The number of aliphatic hydroxyl groups excluding tert-OH is 1. The van der Waals surface area contributed by atoms with E-state index in [0.717, 1.165) is 29.6 Å². The van der Waals surface area contributed by atoms with Gasteiger partial charge in [0, 0.05) is 24.1 Å². The molecule has 0 saturated heterocycles. The highest BCUT2D eigenvalue weighted by atomic mass is 32.1. The molecule has 0 aliphatic heterocycles. The Morgan fingerprint density at radius 2 is 2.05 bits per heavy atom. The topological polar surface area (TPSA) is 45.2 Å². The molecule has 4 heteroatoms. The second-order valence-electron chi connectivity index (χ2n) is 5.64. The first kappa shape index (κ1) is 14.9. The van der Waals surface area contributed by atoms with Gasteiger partial charge in [0.2, 0.25) is 0 Å². The van der Waals surface area contributed by atoms with Gasteiger partial charge in [-0.2, -0.15) is 0 Å². The first-order chi connectivity index (χ1) is 9.20. The molecule has 0 bridgehead atoms. The average Bonchev–Trinajstić information content (AvgIpc) is 2.74. The molecule has 1 aliphatic carbocycles. The van der Waals surface area contributed by atoms with Gasteiger partial charge in [0.25, 0.3) is 0 Å². The maximum atomic E-state index is 9.27. The van der Waals surface area contributed by atoms with Crippen molar-refractivity contribution in [2.75, 3.05) is 6.61 Å². The predicted octanol–water partition coefficient (Wildman–Crippen LogP) is 3.18. The fourth-order valence-corrected chi connectivity index (χ4v) is 4.03. The average molecular weight is 282 g/mol. The molecule has 0 spiro atoms. The van der Waals surface area contributed by atoms with Gasteiger partial charge in [0.15, 0.2) is 0 Å². The van der Waals surface area contributed by atoms with Crippen LogP contribution in [0.15, 0.2) is 0 Å². The van der Waals surface area contributed by atoms with Gasteiger partial charge in [0.1, 0.15) is 0 Å². The molecule has 1 unspecified atom stereocenters. The lowest BCUT2D eigenvalue weighted by Gasteiger charge is -2.30. The van der Waals surface area contributed by atoms with E-state index in [4.69, 9.17) is 0 Å². The Morgan fingerprint density at radius 1 is 1.32 bits per heavy atom. The van der Waals surface area contributed by atoms with Crippen molar-refractivity contribution in [1.82, 2.24) is 10.3 Å². The fourth-order valence-electron chi connectivity index (χ4n) is 3.14. The number of nitrogens with zero attached hydrogens (tertiary/aromatic N) is 1. The summed E-state index contributed by atoms with van der Waals surface area (Å²) in [5.74, 6) is 0.746. The maximum Gasteiger partial charge on any atom is 0.0900 e. The molecule has 0 amide bonds. The fraction of sp³-hybridized carbons (Fsp3) is 0.800. The van der Waals surface area contributed by atoms with E-state index in [1.807, 2.05) is 0 Å². The van der Waals surface area contributed by atoms with Gasteiger partial charge in [-0.3, -0.25) is 0 Å². The zero-order valence-corrected chi connectivity index (χ0v) is 12.9. The highest BCUT2D eigenvalue weighted by molar-refractivity contribution is 7.11. The normalized spacial score (nSPS) is 18.7. The van der Waals surface area contributed by atoms with E-state index in [0.29, 0.717) is 6.04 Å². The van der Waals surface area contributed by atoms with Crippen LogP contribution in [0.3, 0.4) is 0 Å². The smallest absolute Gasteiger partial charge is 0.0900 e. The molecule has 108 valence electrons. The minimum Gasteiger partial charge on any atom is -0.396 e.